The van der Waals surface area contributed by atoms with Gasteiger partial charge in [0.25, 0.3) is 0 Å². The molecule has 1 heterocycles. The van der Waals surface area contributed by atoms with Crippen LogP contribution < -0.4 is 5.32 Å². The smallest absolute Gasteiger partial charge is 0.0573 e. The molecule has 0 spiro atoms. The van der Waals surface area contributed by atoms with Gasteiger partial charge in [0.1, 0.15) is 0 Å². The topological polar surface area (TPSA) is 45.1 Å². The molecule has 2 N–H and O–H groups in total. The molecule has 0 aliphatic rings. The Morgan fingerprint density at radius 2 is 2.05 bits per heavy atom. The van der Waals surface area contributed by atoms with Crippen molar-refractivity contribution in [3.63, 3.8) is 0 Å². The molecule has 1 aromatic rings. The van der Waals surface area contributed by atoms with Crippen molar-refractivity contribution >= 4 is 0 Å². The van der Waals surface area contributed by atoms with E-state index in [0.717, 1.165) is 25.1 Å². The number of pyridine rings is 1. The minimum absolute atomic E-state index is 0.110. The van der Waals surface area contributed by atoms with E-state index in [9.17, 15) is 0 Å². The van der Waals surface area contributed by atoms with Crippen LogP contribution in [0, 0.1) is 11.3 Å². The van der Waals surface area contributed by atoms with Crippen molar-refractivity contribution in [1.29, 1.82) is 0 Å². The Hall–Kier alpha value is -0.930. The first-order valence-corrected chi connectivity index (χ1v) is 7.20. The molecule has 0 saturated heterocycles. The maximum atomic E-state index is 9.09. The van der Waals surface area contributed by atoms with Gasteiger partial charge in [0.15, 0.2) is 0 Å². The molecule has 1 rings (SSSR count). The molecule has 0 aliphatic heterocycles. The predicted molar refractivity (Wildman–Crippen MR) is 79.9 cm³/mol. The lowest BCUT2D eigenvalue weighted by atomic mass is 9.89. The third-order valence-corrected chi connectivity index (χ3v) is 3.37. The van der Waals surface area contributed by atoms with E-state index in [1.54, 1.807) is 0 Å². The van der Waals surface area contributed by atoms with Gasteiger partial charge < -0.3 is 10.4 Å². The monoisotopic (exact) mass is 264 g/mol. The number of aromatic nitrogens is 1. The van der Waals surface area contributed by atoms with Gasteiger partial charge in [-0.15, -0.1) is 0 Å². The summed E-state index contributed by atoms with van der Waals surface area (Å²) in [5.41, 5.74) is 1.22. The van der Waals surface area contributed by atoms with E-state index in [1.165, 1.54) is 0 Å². The largest absolute Gasteiger partial charge is 0.396 e. The standard InChI is InChI=1S/C16H28N2O/c1-13(2)11-15(14-7-5-6-9-17-14)18-12-16(3,4)8-10-19/h5-7,9,13,15,18-19H,8,10-12H2,1-4H3. The summed E-state index contributed by atoms with van der Waals surface area (Å²) in [4.78, 5) is 4.47. The quantitative estimate of drug-likeness (QED) is 0.758. The molecule has 108 valence electrons. The van der Waals surface area contributed by atoms with Crippen molar-refractivity contribution in [1.82, 2.24) is 10.3 Å². The molecule has 3 nitrogen and oxygen atoms in total. The van der Waals surface area contributed by atoms with Crippen molar-refractivity contribution in [2.45, 2.75) is 46.6 Å². The fourth-order valence-electron chi connectivity index (χ4n) is 2.15. The van der Waals surface area contributed by atoms with Gasteiger partial charge in [-0.2, -0.15) is 0 Å². The molecule has 0 fully saturated rings. The van der Waals surface area contributed by atoms with E-state index < -0.39 is 0 Å². The maximum Gasteiger partial charge on any atom is 0.0573 e. The van der Waals surface area contributed by atoms with Gasteiger partial charge in [0.2, 0.25) is 0 Å². The molecular formula is C16H28N2O. The van der Waals surface area contributed by atoms with Crippen molar-refractivity contribution in [2.24, 2.45) is 11.3 Å². The van der Waals surface area contributed by atoms with Crippen LogP contribution in [0.5, 0.6) is 0 Å². The van der Waals surface area contributed by atoms with E-state index in [-0.39, 0.29) is 12.0 Å². The van der Waals surface area contributed by atoms with E-state index in [2.05, 4.69) is 44.1 Å². The highest BCUT2D eigenvalue weighted by atomic mass is 16.3. The molecule has 1 atom stereocenters. The lowest BCUT2D eigenvalue weighted by molar-refractivity contribution is 0.200. The second kappa shape index (κ2) is 7.61. The fourth-order valence-corrected chi connectivity index (χ4v) is 2.15. The van der Waals surface area contributed by atoms with Crippen LogP contribution in [-0.4, -0.2) is 23.2 Å². The molecule has 0 aromatic carbocycles. The lowest BCUT2D eigenvalue weighted by Crippen LogP contribution is -2.34. The number of hydrogen-bond donors (Lipinski definition) is 2. The van der Waals surface area contributed by atoms with Crippen LogP contribution in [0.25, 0.3) is 0 Å². The minimum Gasteiger partial charge on any atom is -0.396 e. The van der Waals surface area contributed by atoms with Gasteiger partial charge in [-0.3, -0.25) is 4.98 Å². The third kappa shape index (κ3) is 6.17. The van der Waals surface area contributed by atoms with Crippen LogP contribution in [0.15, 0.2) is 24.4 Å². The summed E-state index contributed by atoms with van der Waals surface area (Å²) in [6.07, 6.45) is 3.74. The minimum atomic E-state index is 0.110. The summed E-state index contributed by atoms with van der Waals surface area (Å²) < 4.78 is 0. The average molecular weight is 264 g/mol. The molecular weight excluding hydrogens is 236 g/mol. The zero-order valence-corrected chi connectivity index (χ0v) is 12.7. The predicted octanol–water partition coefficient (Wildman–Crippen LogP) is 3.17. The van der Waals surface area contributed by atoms with Crippen LogP contribution in [0.4, 0.5) is 0 Å². The second-order valence-electron chi connectivity index (χ2n) is 6.46. The average Bonchev–Trinajstić information content (AvgIpc) is 2.35. The highest BCUT2D eigenvalue weighted by Crippen LogP contribution is 2.23. The summed E-state index contributed by atoms with van der Waals surface area (Å²) in [5.74, 6) is 0.625. The van der Waals surface area contributed by atoms with Crippen LogP contribution in [0.1, 0.15) is 52.3 Å². The van der Waals surface area contributed by atoms with E-state index in [0.29, 0.717) is 12.0 Å². The molecule has 1 aromatic heterocycles. The van der Waals surface area contributed by atoms with Crippen molar-refractivity contribution < 1.29 is 5.11 Å². The Balaban J connectivity index is 2.66. The first-order chi connectivity index (χ1) is 8.94. The summed E-state index contributed by atoms with van der Waals surface area (Å²) in [6.45, 7) is 9.96. The van der Waals surface area contributed by atoms with Gasteiger partial charge >= 0.3 is 0 Å². The van der Waals surface area contributed by atoms with Gasteiger partial charge in [0, 0.05) is 25.4 Å². The summed E-state index contributed by atoms with van der Waals surface area (Å²) >= 11 is 0. The molecule has 0 radical (unpaired) electrons. The number of nitrogens with zero attached hydrogens (tertiary/aromatic N) is 1. The molecule has 19 heavy (non-hydrogen) atoms. The molecule has 1 unspecified atom stereocenters. The lowest BCUT2D eigenvalue weighted by Gasteiger charge is -2.28. The van der Waals surface area contributed by atoms with Crippen LogP contribution in [-0.2, 0) is 0 Å². The second-order valence-corrected chi connectivity index (χ2v) is 6.46. The summed E-state index contributed by atoms with van der Waals surface area (Å²) in [7, 11) is 0. The van der Waals surface area contributed by atoms with Crippen molar-refractivity contribution in [3.05, 3.63) is 30.1 Å². The first-order valence-electron chi connectivity index (χ1n) is 7.20. The number of aliphatic hydroxyl groups excluding tert-OH is 1. The van der Waals surface area contributed by atoms with E-state index >= 15 is 0 Å². The van der Waals surface area contributed by atoms with Gasteiger partial charge in [-0.05, 0) is 36.3 Å². The molecule has 0 bridgehead atoms. The maximum absolute atomic E-state index is 9.09. The number of nitrogens with one attached hydrogen (secondary N) is 1. The van der Waals surface area contributed by atoms with Crippen LogP contribution in [0.2, 0.25) is 0 Å². The SMILES string of the molecule is CC(C)CC(NCC(C)(C)CCO)c1ccccn1. The highest BCUT2D eigenvalue weighted by molar-refractivity contribution is 5.08. The summed E-state index contributed by atoms with van der Waals surface area (Å²) in [6, 6.07) is 6.36. The number of hydrogen-bond acceptors (Lipinski definition) is 3. The highest BCUT2D eigenvalue weighted by Gasteiger charge is 2.21. The van der Waals surface area contributed by atoms with Crippen molar-refractivity contribution in [2.75, 3.05) is 13.2 Å². The summed E-state index contributed by atoms with van der Waals surface area (Å²) in [5, 5.41) is 12.7. The Bertz CT molecular complexity index is 349. The Labute approximate surface area is 117 Å². The third-order valence-electron chi connectivity index (χ3n) is 3.37. The van der Waals surface area contributed by atoms with Crippen molar-refractivity contribution in [3.8, 4) is 0 Å². The first kappa shape index (κ1) is 16.1. The number of aliphatic hydroxyl groups is 1. The van der Waals surface area contributed by atoms with Crippen LogP contribution >= 0.6 is 0 Å². The molecule has 0 saturated carbocycles. The normalized spacial score (nSPS) is 13.8. The Morgan fingerprint density at radius 1 is 1.32 bits per heavy atom. The fraction of sp³-hybridized carbons (Fsp3) is 0.688. The number of rotatable bonds is 8. The van der Waals surface area contributed by atoms with Gasteiger partial charge in [0.05, 0.1) is 5.69 Å². The van der Waals surface area contributed by atoms with Gasteiger partial charge in [-0.1, -0.05) is 33.8 Å². The molecule has 0 amide bonds. The molecule has 3 heteroatoms. The zero-order chi connectivity index (χ0) is 14.3. The van der Waals surface area contributed by atoms with Crippen LogP contribution in [0.3, 0.4) is 0 Å². The zero-order valence-electron chi connectivity index (χ0n) is 12.7. The van der Waals surface area contributed by atoms with E-state index in [1.807, 2.05) is 18.3 Å². The Morgan fingerprint density at radius 3 is 2.58 bits per heavy atom. The van der Waals surface area contributed by atoms with Gasteiger partial charge in [-0.25, -0.2) is 0 Å². The Kier molecular flexibility index (Phi) is 6.46. The van der Waals surface area contributed by atoms with E-state index in [4.69, 9.17) is 5.11 Å². The molecule has 0 aliphatic carbocycles.